The van der Waals surface area contributed by atoms with E-state index in [0.29, 0.717) is 30.7 Å². The number of phosphoric ester groups is 1. The van der Waals surface area contributed by atoms with E-state index in [1.54, 1.807) is 0 Å². The highest BCUT2D eigenvalue weighted by molar-refractivity contribution is 7.44. The SMILES string of the molecule is C[N+](C)(CCCOP(=O)([O-])O)CCOCCN. The maximum atomic E-state index is 10.3. The quantitative estimate of drug-likeness (QED) is 0.297. The third-order valence-electron chi connectivity index (χ3n) is 2.27. The fourth-order valence-corrected chi connectivity index (χ4v) is 1.64. The van der Waals surface area contributed by atoms with Crippen LogP contribution in [0, 0.1) is 0 Å². The molecule has 1 atom stereocenters. The highest BCUT2D eigenvalue weighted by atomic mass is 31.2. The molecule has 0 spiro atoms. The zero-order chi connectivity index (χ0) is 13.4. The van der Waals surface area contributed by atoms with Crippen molar-refractivity contribution in [1.82, 2.24) is 0 Å². The number of rotatable bonds is 10. The second kappa shape index (κ2) is 8.16. The van der Waals surface area contributed by atoms with Gasteiger partial charge in [0, 0.05) is 13.0 Å². The van der Waals surface area contributed by atoms with Crippen LogP contribution >= 0.6 is 7.82 Å². The molecule has 0 aliphatic rings. The summed E-state index contributed by atoms with van der Waals surface area (Å²) in [5.74, 6) is 0. The van der Waals surface area contributed by atoms with Gasteiger partial charge in [0.2, 0.25) is 0 Å². The minimum Gasteiger partial charge on any atom is -0.756 e. The molecule has 0 aromatic rings. The average Bonchev–Trinajstić information content (AvgIpc) is 2.18. The predicted molar refractivity (Wildman–Crippen MR) is 62.1 cm³/mol. The molecule has 0 rings (SSSR count). The van der Waals surface area contributed by atoms with Crippen molar-refractivity contribution in [3.63, 3.8) is 0 Å². The first-order valence-electron chi connectivity index (χ1n) is 5.55. The van der Waals surface area contributed by atoms with Crippen LogP contribution in [0.3, 0.4) is 0 Å². The molecule has 0 aromatic carbocycles. The van der Waals surface area contributed by atoms with Crippen LogP contribution in [0.1, 0.15) is 6.42 Å². The molecule has 0 amide bonds. The summed E-state index contributed by atoms with van der Waals surface area (Å²) >= 11 is 0. The van der Waals surface area contributed by atoms with E-state index in [-0.39, 0.29) is 6.61 Å². The predicted octanol–water partition coefficient (Wildman–Crippen LogP) is -1.09. The smallest absolute Gasteiger partial charge is 0.265 e. The number of nitrogens with zero attached hydrogens (tertiary/aromatic N) is 1. The lowest BCUT2D eigenvalue weighted by Gasteiger charge is -2.30. The van der Waals surface area contributed by atoms with Crippen LogP contribution in [0.25, 0.3) is 0 Å². The van der Waals surface area contributed by atoms with Gasteiger partial charge in [-0.2, -0.15) is 0 Å². The molecule has 0 fully saturated rings. The van der Waals surface area contributed by atoms with E-state index >= 15 is 0 Å². The van der Waals surface area contributed by atoms with E-state index in [9.17, 15) is 9.46 Å². The Balaban J connectivity index is 3.60. The zero-order valence-corrected chi connectivity index (χ0v) is 11.4. The van der Waals surface area contributed by atoms with E-state index in [4.69, 9.17) is 15.4 Å². The Hall–Kier alpha value is -0.0100. The first-order chi connectivity index (χ1) is 7.77. The van der Waals surface area contributed by atoms with Crippen LogP contribution < -0.4 is 10.6 Å². The second-order valence-corrected chi connectivity index (χ2v) is 5.63. The van der Waals surface area contributed by atoms with Gasteiger partial charge in [0.15, 0.2) is 0 Å². The lowest BCUT2D eigenvalue weighted by molar-refractivity contribution is -0.890. The summed E-state index contributed by atoms with van der Waals surface area (Å²) in [5, 5.41) is 0. The number of quaternary nitrogens is 1. The van der Waals surface area contributed by atoms with Crippen LogP contribution in [0.5, 0.6) is 0 Å². The summed E-state index contributed by atoms with van der Waals surface area (Å²) in [7, 11) is -0.543. The summed E-state index contributed by atoms with van der Waals surface area (Å²) in [5.41, 5.74) is 5.29. The van der Waals surface area contributed by atoms with Gasteiger partial charge in [-0.3, -0.25) is 4.57 Å². The van der Waals surface area contributed by atoms with Crippen LogP contribution in [0.2, 0.25) is 0 Å². The lowest BCUT2D eigenvalue weighted by atomic mass is 10.3. The Kier molecular flexibility index (Phi) is 8.15. The fraction of sp³-hybridized carbons (Fsp3) is 1.00. The van der Waals surface area contributed by atoms with Crippen molar-refractivity contribution >= 4 is 7.82 Å². The monoisotopic (exact) mass is 270 g/mol. The molecule has 17 heavy (non-hydrogen) atoms. The topological polar surface area (TPSA) is 105 Å². The maximum Gasteiger partial charge on any atom is 0.265 e. The molecule has 0 bridgehead atoms. The van der Waals surface area contributed by atoms with Gasteiger partial charge < -0.3 is 29.3 Å². The Morgan fingerprint density at radius 3 is 2.47 bits per heavy atom. The molecule has 0 saturated heterocycles. The normalized spacial score (nSPS) is 15.8. The molecule has 1 unspecified atom stereocenters. The molecule has 0 aliphatic heterocycles. The van der Waals surface area contributed by atoms with Crippen LogP contribution in [-0.4, -0.2) is 62.9 Å². The summed E-state index contributed by atoms with van der Waals surface area (Å²) in [6, 6.07) is 0. The van der Waals surface area contributed by atoms with Crippen LogP contribution in [0.15, 0.2) is 0 Å². The van der Waals surface area contributed by atoms with E-state index in [2.05, 4.69) is 4.52 Å². The third kappa shape index (κ3) is 12.2. The standard InChI is InChI=1S/C9H23N2O5P/c1-11(2,6-9-15-8-4-10)5-3-7-16-17(12,13)14/h3-10H2,1-2H3,(H-,12,13,14). The van der Waals surface area contributed by atoms with E-state index in [1.165, 1.54) is 0 Å². The first-order valence-corrected chi connectivity index (χ1v) is 7.04. The molecule has 104 valence electrons. The van der Waals surface area contributed by atoms with Gasteiger partial charge in [0.1, 0.15) is 6.54 Å². The molecule has 0 saturated carbocycles. The highest BCUT2D eigenvalue weighted by Gasteiger charge is 2.14. The van der Waals surface area contributed by atoms with E-state index in [1.807, 2.05) is 14.1 Å². The van der Waals surface area contributed by atoms with E-state index in [0.717, 1.165) is 13.1 Å². The van der Waals surface area contributed by atoms with Crippen molar-refractivity contribution in [3.8, 4) is 0 Å². The molecule has 0 heterocycles. The van der Waals surface area contributed by atoms with Crippen molar-refractivity contribution in [3.05, 3.63) is 0 Å². The van der Waals surface area contributed by atoms with Crippen LogP contribution in [0.4, 0.5) is 0 Å². The maximum absolute atomic E-state index is 10.3. The Morgan fingerprint density at radius 1 is 1.29 bits per heavy atom. The highest BCUT2D eigenvalue weighted by Crippen LogP contribution is 2.30. The van der Waals surface area contributed by atoms with Gasteiger partial charge in [-0.05, 0) is 0 Å². The largest absolute Gasteiger partial charge is 0.756 e. The Labute approximate surface area is 102 Å². The second-order valence-electron chi connectivity index (χ2n) is 4.44. The summed E-state index contributed by atoms with van der Waals surface area (Å²) in [6.07, 6.45) is 0.552. The van der Waals surface area contributed by atoms with Gasteiger partial charge in [0.25, 0.3) is 7.82 Å². The van der Waals surface area contributed by atoms with Gasteiger partial charge in [0.05, 0.1) is 40.5 Å². The van der Waals surface area contributed by atoms with Gasteiger partial charge in [-0.25, -0.2) is 0 Å². The Morgan fingerprint density at radius 2 is 1.94 bits per heavy atom. The molecular formula is C9H23N2O5P. The van der Waals surface area contributed by atoms with Crippen molar-refractivity contribution in [2.75, 3.05) is 53.6 Å². The summed E-state index contributed by atoms with van der Waals surface area (Å²) in [4.78, 5) is 18.7. The molecule has 0 aliphatic carbocycles. The van der Waals surface area contributed by atoms with Gasteiger partial charge in [-0.1, -0.05) is 0 Å². The van der Waals surface area contributed by atoms with Gasteiger partial charge >= 0.3 is 0 Å². The number of hydrogen-bond acceptors (Lipinski definition) is 5. The zero-order valence-electron chi connectivity index (χ0n) is 10.5. The van der Waals surface area contributed by atoms with Crippen molar-refractivity contribution in [1.29, 1.82) is 0 Å². The Bertz CT molecular complexity index is 244. The first kappa shape index (κ1) is 17.0. The van der Waals surface area contributed by atoms with Crippen LogP contribution in [-0.2, 0) is 13.8 Å². The third-order valence-corrected chi connectivity index (χ3v) is 2.77. The molecule has 0 aromatic heterocycles. The molecule has 8 heteroatoms. The van der Waals surface area contributed by atoms with Crippen molar-refractivity contribution in [2.45, 2.75) is 6.42 Å². The average molecular weight is 270 g/mol. The molecule has 3 N–H and O–H groups in total. The number of nitrogens with two attached hydrogens (primary N) is 1. The van der Waals surface area contributed by atoms with Crippen molar-refractivity contribution < 1.29 is 28.1 Å². The number of ether oxygens (including phenoxy) is 1. The van der Waals surface area contributed by atoms with Crippen molar-refractivity contribution in [2.24, 2.45) is 5.73 Å². The van der Waals surface area contributed by atoms with E-state index < -0.39 is 7.82 Å². The fourth-order valence-electron chi connectivity index (χ4n) is 1.28. The number of hydrogen-bond donors (Lipinski definition) is 2. The number of phosphoric acid groups is 1. The minimum atomic E-state index is -4.57. The van der Waals surface area contributed by atoms with Gasteiger partial charge in [-0.15, -0.1) is 0 Å². The molecule has 7 nitrogen and oxygen atoms in total. The lowest BCUT2D eigenvalue weighted by Crippen LogP contribution is -2.43. The molecular weight excluding hydrogens is 247 g/mol. The summed E-state index contributed by atoms with van der Waals surface area (Å²) in [6.45, 7) is 3.23. The minimum absolute atomic E-state index is 0.00259. The summed E-state index contributed by atoms with van der Waals surface area (Å²) < 4.78 is 20.6. The molecule has 0 radical (unpaired) electrons. The number of likely N-dealkylation sites (N-methyl/N-ethyl adjacent to an activating group) is 1.